The number of likely N-dealkylation sites (tertiary alicyclic amines) is 1. The first-order chi connectivity index (χ1) is 6.25. The molecule has 0 saturated carbocycles. The van der Waals surface area contributed by atoms with Crippen LogP contribution in [0.5, 0.6) is 0 Å². The lowest BCUT2D eigenvalue weighted by molar-refractivity contribution is 0.181. The zero-order valence-corrected chi connectivity index (χ0v) is 7.41. The van der Waals surface area contributed by atoms with Gasteiger partial charge >= 0.3 is 6.03 Å². The molecule has 1 aliphatic heterocycles. The van der Waals surface area contributed by atoms with Gasteiger partial charge in [0.05, 0.1) is 0 Å². The molecule has 1 saturated heterocycles. The van der Waals surface area contributed by atoms with E-state index >= 15 is 0 Å². The molecule has 1 N–H and O–H groups in total. The van der Waals surface area contributed by atoms with E-state index in [1.54, 1.807) is 17.9 Å². The summed E-state index contributed by atoms with van der Waals surface area (Å²) < 4.78 is 4.81. The van der Waals surface area contributed by atoms with Crippen LogP contribution in [0.25, 0.3) is 0 Å². The van der Waals surface area contributed by atoms with Crippen LogP contribution in [0.4, 0.5) is 10.6 Å². The number of nitrogens with zero attached hydrogens (tertiary/aromatic N) is 2. The number of carbonyl (C=O) groups excluding carboxylic acids is 1. The number of carbonyl (C=O) groups is 1. The minimum Gasteiger partial charge on any atom is -0.360 e. The van der Waals surface area contributed by atoms with Crippen molar-refractivity contribution in [2.24, 2.45) is 0 Å². The highest BCUT2D eigenvalue weighted by Crippen LogP contribution is 2.11. The molecule has 2 rings (SSSR count). The van der Waals surface area contributed by atoms with E-state index in [4.69, 9.17) is 4.52 Å². The fraction of sp³-hybridized carbons (Fsp3) is 0.500. The Kier molecular flexibility index (Phi) is 1.92. The maximum absolute atomic E-state index is 11.3. The molecular weight excluding hydrogens is 170 g/mol. The van der Waals surface area contributed by atoms with Gasteiger partial charge in [-0.05, 0) is 13.3 Å². The van der Waals surface area contributed by atoms with Gasteiger partial charge in [0.15, 0.2) is 5.82 Å². The minimum atomic E-state index is -0.0976. The van der Waals surface area contributed by atoms with E-state index in [9.17, 15) is 4.79 Å². The molecule has 5 heteroatoms. The van der Waals surface area contributed by atoms with Crippen molar-refractivity contribution in [3.63, 3.8) is 0 Å². The summed E-state index contributed by atoms with van der Waals surface area (Å²) >= 11 is 0. The summed E-state index contributed by atoms with van der Waals surface area (Å²) in [5, 5.41) is 6.31. The predicted octanol–water partition coefficient (Wildman–Crippen LogP) is 1.22. The number of amides is 2. The number of nitrogens with one attached hydrogen (secondary N) is 1. The zero-order chi connectivity index (χ0) is 9.26. The first-order valence-electron chi connectivity index (χ1n) is 4.25. The lowest BCUT2D eigenvalue weighted by Gasteiger charge is -2.30. The SMILES string of the molecule is Cc1cc(NC(=O)N2CCC2)no1. The Morgan fingerprint density at radius 3 is 2.92 bits per heavy atom. The average molecular weight is 181 g/mol. The standard InChI is InChI=1S/C8H11N3O2/c1-6-5-7(10-13-6)9-8(12)11-3-2-4-11/h5H,2-4H2,1H3,(H,9,10,12). The summed E-state index contributed by atoms with van der Waals surface area (Å²) in [6, 6.07) is 1.59. The van der Waals surface area contributed by atoms with Crippen LogP contribution in [0, 0.1) is 6.92 Å². The van der Waals surface area contributed by atoms with Crippen molar-refractivity contribution in [1.29, 1.82) is 0 Å². The van der Waals surface area contributed by atoms with E-state index < -0.39 is 0 Å². The van der Waals surface area contributed by atoms with Crippen LogP contribution in [0.1, 0.15) is 12.2 Å². The number of rotatable bonds is 1. The predicted molar refractivity (Wildman–Crippen MR) is 46.4 cm³/mol. The fourth-order valence-corrected chi connectivity index (χ4v) is 1.13. The van der Waals surface area contributed by atoms with Crippen LogP contribution in [0.15, 0.2) is 10.6 Å². The molecule has 13 heavy (non-hydrogen) atoms. The van der Waals surface area contributed by atoms with E-state index in [-0.39, 0.29) is 6.03 Å². The van der Waals surface area contributed by atoms with Gasteiger partial charge in [-0.2, -0.15) is 0 Å². The van der Waals surface area contributed by atoms with Crippen molar-refractivity contribution in [3.05, 3.63) is 11.8 Å². The van der Waals surface area contributed by atoms with Crippen LogP contribution in [-0.2, 0) is 0 Å². The van der Waals surface area contributed by atoms with Crippen LogP contribution < -0.4 is 5.32 Å². The largest absolute Gasteiger partial charge is 0.360 e. The van der Waals surface area contributed by atoms with Crippen molar-refractivity contribution in [1.82, 2.24) is 10.1 Å². The molecular formula is C8H11N3O2. The number of hydrogen-bond donors (Lipinski definition) is 1. The summed E-state index contributed by atoms with van der Waals surface area (Å²) in [5.41, 5.74) is 0. The quantitative estimate of drug-likeness (QED) is 0.708. The Bertz CT molecular complexity index is 317. The first-order valence-corrected chi connectivity index (χ1v) is 4.25. The van der Waals surface area contributed by atoms with Crippen molar-refractivity contribution < 1.29 is 9.32 Å². The van der Waals surface area contributed by atoms with Gasteiger partial charge in [0.2, 0.25) is 0 Å². The Balaban J connectivity index is 1.93. The molecule has 5 nitrogen and oxygen atoms in total. The van der Waals surface area contributed by atoms with Crippen LogP contribution >= 0.6 is 0 Å². The monoisotopic (exact) mass is 181 g/mol. The van der Waals surface area contributed by atoms with Gasteiger partial charge in [-0.3, -0.25) is 5.32 Å². The molecule has 0 unspecified atom stereocenters. The summed E-state index contributed by atoms with van der Waals surface area (Å²) in [6.45, 7) is 3.46. The van der Waals surface area contributed by atoms with Gasteiger partial charge < -0.3 is 9.42 Å². The van der Waals surface area contributed by atoms with Crippen molar-refractivity contribution in [2.75, 3.05) is 18.4 Å². The topological polar surface area (TPSA) is 58.4 Å². The molecule has 0 radical (unpaired) electrons. The van der Waals surface area contributed by atoms with Crippen molar-refractivity contribution in [3.8, 4) is 0 Å². The Morgan fingerprint density at radius 2 is 2.46 bits per heavy atom. The average Bonchev–Trinajstić information content (AvgIpc) is 2.31. The van der Waals surface area contributed by atoms with Crippen LogP contribution in [0.2, 0.25) is 0 Å². The fourth-order valence-electron chi connectivity index (χ4n) is 1.13. The van der Waals surface area contributed by atoms with Gasteiger partial charge in [0.25, 0.3) is 0 Å². The Hall–Kier alpha value is -1.52. The van der Waals surface area contributed by atoms with Crippen molar-refractivity contribution in [2.45, 2.75) is 13.3 Å². The van der Waals surface area contributed by atoms with Gasteiger partial charge in [-0.15, -0.1) is 0 Å². The second kappa shape index (κ2) is 3.08. The number of hydrogen-bond acceptors (Lipinski definition) is 3. The van der Waals surface area contributed by atoms with Gasteiger partial charge in [0, 0.05) is 19.2 Å². The normalized spacial score (nSPS) is 15.3. The molecule has 2 heterocycles. The highest BCUT2D eigenvalue weighted by molar-refractivity contribution is 5.88. The molecule has 0 aliphatic carbocycles. The number of aromatic nitrogens is 1. The first kappa shape index (κ1) is 8.10. The maximum atomic E-state index is 11.3. The second-order valence-corrected chi connectivity index (χ2v) is 3.09. The second-order valence-electron chi connectivity index (χ2n) is 3.09. The lowest BCUT2D eigenvalue weighted by Crippen LogP contribution is -2.44. The highest BCUT2D eigenvalue weighted by Gasteiger charge is 2.20. The third-order valence-corrected chi connectivity index (χ3v) is 2.01. The molecule has 1 aromatic heterocycles. The van der Waals surface area contributed by atoms with E-state index in [2.05, 4.69) is 10.5 Å². The summed E-state index contributed by atoms with van der Waals surface area (Å²) in [5.74, 6) is 1.17. The zero-order valence-electron chi connectivity index (χ0n) is 7.41. The molecule has 0 bridgehead atoms. The number of urea groups is 1. The Morgan fingerprint density at radius 1 is 1.69 bits per heavy atom. The molecule has 0 spiro atoms. The van der Waals surface area contributed by atoms with Gasteiger partial charge in [-0.25, -0.2) is 4.79 Å². The Labute approximate surface area is 75.7 Å². The van der Waals surface area contributed by atoms with Gasteiger partial charge in [-0.1, -0.05) is 5.16 Å². The third-order valence-electron chi connectivity index (χ3n) is 2.01. The minimum absolute atomic E-state index is 0.0976. The summed E-state index contributed by atoms with van der Waals surface area (Å²) in [7, 11) is 0. The van der Waals surface area contributed by atoms with E-state index in [1.165, 1.54) is 0 Å². The molecule has 70 valence electrons. The lowest BCUT2D eigenvalue weighted by atomic mass is 10.2. The molecule has 0 atom stereocenters. The summed E-state index contributed by atoms with van der Waals surface area (Å²) in [4.78, 5) is 13.1. The molecule has 0 aromatic carbocycles. The van der Waals surface area contributed by atoms with Crippen LogP contribution in [-0.4, -0.2) is 29.2 Å². The highest BCUT2D eigenvalue weighted by atomic mass is 16.5. The van der Waals surface area contributed by atoms with E-state index in [0.29, 0.717) is 11.6 Å². The molecule has 2 amide bonds. The molecule has 1 aliphatic rings. The smallest absolute Gasteiger partial charge is 0.323 e. The number of anilines is 1. The van der Waals surface area contributed by atoms with Crippen LogP contribution in [0.3, 0.4) is 0 Å². The van der Waals surface area contributed by atoms with Crippen molar-refractivity contribution >= 4 is 11.8 Å². The van der Waals surface area contributed by atoms with Gasteiger partial charge in [0.1, 0.15) is 5.76 Å². The molecule has 1 aromatic rings. The number of aryl methyl sites for hydroxylation is 1. The van der Waals surface area contributed by atoms with E-state index in [1.807, 2.05) is 0 Å². The maximum Gasteiger partial charge on any atom is 0.323 e. The van der Waals surface area contributed by atoms with E-state index in [0.717, 1.165) is 19.5 Å². The third kappa shape index (κ3) is 1.63. The molecule has 1 fully saturated rings. The summed E-state index contributed by atoms with van der Waals surface area (Å²) in [6.07, 6.45) is 1.09.